The fourth-order valence-corrected chi connectivity index (χ4v) is 2.42. The molecule has 0 saturated carbocycles. The maximum absolute atomic E-state index is 5.98. The van der Waals surface area contributed by atoms with Gasteiger partial charge >= 0.3 is 0 Å². The van der Waals surface area contributed by atoms with Gasteiger partial charge in [0.05, 0.1) is 12.3 Å². The molecule has 24 heavy (non-hydrogen) atoms. The highest BCUT2D eigenvalue weighted by Crippen LogP contribution is 2.19. The summed E-state index contributed by atoms with van der Waals surface area (Å²) in [6.07, 6.45) is 1.00. The third-order valence-corrected chi connectivity index (χ3v) is 3.66. The first-order valence-electron chi connectivity index (χ1n) is 7.52. The van der Waals surface area contributed by atoms with Crippen LogP contribution in [0.1, 0.15) is 6.42 Å². The summed E-state index contributed by atoms with van der Waals surface area (Å²) in [7, 11) is 4.12. The number of benzene rings is 2. The molecule has 0 atom stereocenters. The lowest BCUT2D eigenvalue weighted by molar-refractivity contribution is 0.281. The second-order valence-corrected chi connectivity index (χ2v) is 6.06. The minimum Gasteiger partial charge on any atom is -0.494 e. The highest BCUT2D eigenvalue weighted by atomic mass is 35.5. The van der Waals surface area contributed by atoms with E-state index in [4.69, 9.17) is 16.3 Å². The zero-order valence-electron chi connectivity index (χ0n) is 13.6. The van der Waals surface area contributed by atoms with Crippen molar-refractivity contribution >= 4 is 35.0 Å². The van der Waals surface area contributed by atoms with E-state index in [1.54, 1.807) is 4.80 Å². The highest BCUT2D eigenvalue weighted by molar-refractivity contribution is 6.31. The molecule has 0 aliphatic heterocycles. The monoisotopic (exact) mass is 366 g/mol. The molecule has 1 aromatic heterocycles. The third kappa shape index (κ3) is 4.60. The Morgan fingerprint density at radius 2 is 1.75 bits per heavy atom. The number of hydrogen-bond acceptors (Lipinski definition) is 4. The summed E-state index contributed by atoms with van der Waals surface area (Å²) < 4.78 is 5.73. The first-order valence-corrected chi connectivity index (χ1v) is 7.90. The predicted molar refractivity (Wildman–Crippen MR) is 99.8 cm³/mol. The van der Waals surface area contributed by atoms with Crippen LogP contribution in [0.2, 0.25) is 5.02 Å². The summed E-state index contributed by atoms with van der Waals surface area (Å²) in [6.45, 7) is 1.73. The molecule has 0 saturated heterocycles. The third-order valence-electron chi connectivity index (χ3n) is 3.43. The van der Waals surface area contributed by atoms with Gasteiger partial charge in [-0.05, 0) is 63.0 Å². The lowest BCUT2D eigenvalue weighted by Crippen LogP contribution is -2.15. The van der Waals surface area contributed by atoms with E-state index in [1.807, 2.05) is 42.5 Å². The Morgan fingerprint density at radius 1 is 1.04 bits per heavy atom. The minimum absolute atomic E-state index is 0. The Balaban J connectivity index is 0.00000208. The molecule has 0 spiro atoms. The Morgan fingerprint density at radius 3 is 2.46 bits per heavy atom. The van der Waals surface area contributed by atoms with Gasteiger partial charge in [0.1, 0.15) is 16.8 Å². The number of halogens is 2. The zero-order valence-corrected chi connectivity index (χ0v) is 15.2. The molecule has 128 valence electrons. The van der Waals surface area contributed by atoms with E-state index in [9.17, 15) is 0 Å². The molecule has 7 heteroatoms. The van der Waals surface area contributed by atoms with Gasteiger partial charge in [-0.15, -0.1) is 22.6 Å². The summed E-state index contributed by atoms with van der Waals surface area (Å²) in [6, 6.07) is 13.3. The fraction of sp³-hybridized carbons (Fsp3) is 0.294. The molecule has 3 rings (SSSR count). The Labute approximate surface area is 152 Å². The zero-order chi connectivity index (χ0) is 16.2. The van der Waals surface area contributed by atoms with E-state index in [2.05, 4.69) is 29.2 Å². The molecule has 0 unspecified atom stereocenters. The summed E-state index contributed by atoms with van der Waals surface area (Å²) in [5.41, 5.74) is 2.48. The predicted octanol–water partition coefficient (Wildman–Crippen LogP) is 3.83. The van der Waals surface area contributed by atoms with Crippen molar-refractivity contribution < 1.29 is 4.74 Å². The number of hydrogen-bond donors (Lipinski definition) is 0. The summed E-state index contributed by atoms with van der Waals surface area (Å²) in [5.74, 6) is 0.854. The summed E-state index contributed by atoms with van der Waals surface area (Å²) >= 11 is 5.98. The van der Waals surface area contributed by atoms with Crippen LogP contribution in [-0.2, 0) is 0 Å². The van der Waals surface area contributed by atoms with Gasteiger partial charge in [0.25, 0.3) is 0 Å². The first-order chi connectivity index (χ1) is 11.1. The van der Waals surface area contributed by atoms with Gasteiger partial charge in [-0.2, -0.15) is 4.80 Å². The first kappa shape index (κ1) is 18.5. The van der Waals surface area contributed by atoms with Crippen LogP contribution < -0.4 is 4.74 Å². The molecule has 0 fully saturated rings. The van der Waals surface area contributed by atoms with Crippen molar-refractivity contribution in [2.45, 2.75) is 6.42 Å². The highest BCUT2D eigenvalue weighted by Gasteiger charge is 2.05. The van der Waals surface area contributed by atoms with Crippen molar-refractivity contribution in [2.75, 3.05) is 27.2 Å². The van der Waals surface area contributed by atoms with Crippen molar-refractivity contribution in [3.05, 3.63) is 47.5 Å². The van der Waals surface area contributed by atoms with Gasteiger partial charge in [-0.1, -0.05) is 11.6 Å². The SMILES string of the molecule is CN(C)CCCOc1ccc(-n2nc3ccc(Cl)cc3n2)cc1.Cl. The quantitative estimate of drug-likeness (QED) is 0.621. The molecule has 0 N–H and O–H groups in total. The maximum Gasteiger partial charge on any atom is 0.119 e. The Hall–Kier alpha value is -1.82. The second kappa shape index (κ2) is 8.33. The van der Waals surface area contributed by atoms with Crippen LogP contribution in [0.15, 0.2) is 42.5 Å². The average molecular weight is 367 g/mol. The van der Waals surface area contributed by atoms with Crippen LogP contribution >= 0.6 is 24.0 Å². The van der Waals surface area contributed by atoms with Gasteiger partial charge in [-0.3, -0.25) is 0 Å². The smallest absolute Gasteiger partial charge is 0.119 e. The van der Waals surface area contributed by atoms with Gasteiger partial charge in [0, 0.05) is 11.6 Å². The summed E-state index contributed by atoms with van der Waals surface area (Å²) in [5, 5.41) is 9.55. The Bertz CT molecular complexity index is 787. The van der Waals surface area contributed by atoms with E-state index in [1.165, 1.54) is 0 Å². The molecular weight excluding hydrogens is 347 g/mol. The van der Waals surface area contributed by atoms with E-state index >= 15 is 0 Å². The average Bonchev–Trinajstić information content (AvgIpc) is 2.95. The van der Waals surface area contributed by atoms with Gasteiger partial charge in [-0.25, -0.2) is 0 Å². The van der Waals surface area contributed by atoms with Crippen LogP contribution in [0.5, 0.6) is 5.75 Å². The van der Waals surface area contributed by atoms with Gasteiger partial charge in [0.2, 0.25) is 0 Å². The van der Waals surface area contributed by atoms with Crippen LogP contribution in [0.25, 0.3) is 16.7 Å². The van der Waals surface area contributed by atoms with E-state index in [0.29, 0.717) is 11.6 Å². The molecule has 0 aliphatic rings. The fourth-order valence-electron chi connectivity index (χ4n) is 2.25. The number of aromatic nitrogens is 3. The lowest BCUT2D eigenvalue weighted by Gasteiger charge is -2.10. The largest absolute Gasteiger partial charge is 0.494 e. The molecule has 3 aromatic rings. The normalized spacial score (nSPS) is 10.8. The van der Waals surface area contributed by atoms with Crippen molar-refractivity contribution in [2.24, 2.45) is 0 Å². The molecule has 0 bridgehead atoms. The van der Waals surface area contributed by atoms with Crippen molar-refractivity contribution in [1.29, 1.82) is 0 Å². The van der Waals surface area contributed by atoms with Crippen molar-refractivity contribution in [1.82, 2.24) is 19.9 Å². The molecule has 0 radical (unpaired) electrons. The maximum atomic E-state index is 5.98. The van der Waals surface area contributed by atoms with Crippen LogP contribution in [0.4, 0.5) is 0 Å². The number of nitrogens with zero attached hydrogens (tertiary/aromatic N) is 4. The molecular formula is C17H20Cl2N4O. The van der Waals surface area contributed by atoms with Gasteiger partial charge in [0.15, 0.2) is 0 Å². The number of fused-ring (bicyclic) bond motifs is 1. The molecule has 0 aliphatic carbocycles. The van der Waals surface area contributed by atoms with Gasteiger partial charge < -0.3 is 9.64 Å². The molecule has 2 aromatic carbocycles. The molecule has 5 nitrogen and oxygen atoms in total. The topological polar surface area (TPSA) is 43.2 Å². The lowest BCUT2D eigenvalue weighted by atomic mass is 10.3. The van der Waals surface area contributed by atoms with Crippen LogP contribution in [-0.4, -0.2) is 47.1 Å². The Kier molecular flexibility index (Phi) is 6.43. The second-order valence-electron chi connectivity index (χ2n) is 5.62. The minimum atomic E-state index is 0. The standard InChI is InChI=1S/C17H19ClN4O.ClH/c1-21(2)10-3-11-23-15-7-5-14(6-8-15)22-19-16-9-4-13(18)12-17(16)20-22;/h4-9,12H,3,10-11H2,1-2H3;1H. The van der Waals surface area contributed by atoms with Crippen molar-refractivity contribution in [3.63, 3.8) is 0 Å². The molecule has 1 heterocycles. The number of ether oxygens (including phenoxy) is 1. The van der Waals surface area contributed by atoms with E-state index in [0.717, 1.165) is 35.4 Å². The van der Waals surface area contributed by atoms with Crippen LogP contribution in [0, 0.1) is 0 Å². The van der Waals surface area contributed by atoms with Crippen LogP contribution in [0.3, 0.4) is 0 Å². The van der Waals surface area contributed by atoms with E-state index in [-0.39, 0.29) is 12.4 Å². The summed E-state index contributed by atoms with van der Waals surface area (Å²) in [4.78, 5) is 3.75. The van der Waals surface area contributed by atoms with E-state index < -0.39 is 0 Å². The molecule has 0 amide bonds. The number of rotatable bonds is 6. The van der Waals surface area contributed by atoms with Crippen molar-refractivity contribution in [3.8, 4) is 11.4 Å².